The minimum Gasteiger partial charge on any atom is -0.371 e. The maximum Gasteiger partial charge on any atom is 0.123 e. The van der Waals surface area contributed by atoms with E-state index in [0.29, 0.717) is 6.04 Å². The molecule has 104 valence electrons. The Morgan fingerprint density at radius 1 is 1.16 bits per heavy atom. The summed E-state index contributed by atoms with van der Waals surface area (Å²) in [7, 11) is 0. The quantitative estimate of drug-likeness (QED) is 0.900. The molecule has 0 aromatic heterocycles. The number of rotatable bonds is 3. The average Bonchev–Trinajstić information content (AvgIpc) is 2.94. The molecule has 2 fully saturated rings. The molecule has 0 bridgehead atoms. The van der Waals surface area contributed by atoms with Crippen LogP contribution in [0.5, 0.6) is 0 Å². The molecule has 2 aliphatic rings. The van der Waals surface area contributed by atoms with Gasteiger partial charge in [-0.15, -0.1) is 0 Å². The van der Waals surface area contributed by atoms with E-state index < -0.39 is 0 Å². The molecule has 3 heteroatoms. The fourth-order valence-electron chi connectivity index (χ4n) is 3.35. The molecule has 1 unspecified atom stereocenters. The zero-order valence-electron chi connectivity index (χ0n) is 11.5. The molecule has 2 aliphatic heterocycles. The van der Waals surface area contributed by atoms with Crippen molar-refractivity contribution in [2.75, 3.05) is 24.5 Å². The first-order chi connectivity index (χ1) is 9.33. The Labute approximate surface area is 115 Å². The molecule has 2 nitrogen and oxygen atoms in total. The highest BCUT2D eigenvalue weighted by Gasteiger charge is 2.19. The number of nitrogens with one attached hydrogen (secondary N) is 1. The first-order valence-electron chi connectivity index (χ1n) is 7.60. The van der Waals surface area contributed by atoms with Crippen molar-refractivity contribution in [3.8, 4) is 0 Å². The van der Waals surface area contributed by atoms with Crippen LogP contribution in [0.2, 0.25) is 0 Å². The van der Waals surface area contributed by atoms with E-state index in [9.17, 15) is 4.39 Å². The third-order valence-corrected chi connectivity index (χ3v) is 4.37. The van der Waals surface area contributed by atoms with Crippen LogP contribution in [0.1, 0.15) is 37.7 Å². The standard InChI is InChI=1S/C16H23FN2/c17-14-6-7-16(19-9-3-4-10-19)13(11-14)12-15-5-1-2-8-18-15/h6-7,11,15,18H,1-5,8-10,12H2. The number of piperidine rings is 1. The second-order valence-corrected chi connectivity index (χ2v) is 5.82. The van der Waals surface area contributed by atoms with Gasteiger partial charge in [0.1, 0.15) is 5.82 Å². The van der Waals surface area contributed by atoms with Gasteiger partial charge < -0.3 is 10.2 Å². The summed E-state index contributed by atoms with van der Waals surface area (Å²) in [6.45, 7) is 3.35. The number of hydrogen-bond donors (Lipinski definition) is 1. The molecule has 1 aromatic rings. The Morgan fingerprint density at radius 3 is 2.74 bits per heavy atom. The van der Waals surface area contributed by atoms with Crippen molar-refractivity contribution < 1.29 is 4.39 Å². The molecule has 2 heterocycles. The molecule has 0 aliphatic carbocycles. The van der Waals surface area contributed by atoms with Crippen molar-refractivity contribution in [2.24, 2.45) is 0 Å². The SMILES string of the molecule is Fc1ccc(N2CCCC2)c(CC2CCCCN2)c1. The van der Waals surface area contributed by atoms with Gasteiger partial charge in [-0.25, -0.2) is 4.39 Å². The molecule has 1 atom stereocenters. The van der Waals surface area contributed by atoms with Gasteiger partial charge in [-0.1, -0.05) is 6.42 Å². The normalized spacial score (nSPS) is 23.8. The van der Waals surface area contributed by atoms with E-state index in [1.54, 1.807) is 12.1 Å². The first kappa shape index (κ1) is 12.9. The summed E-state index contributed by atoms with van der Waals surface area (Å²) in [6, 6.07) is 5.84. The maximum atomic E-state index is 13.5. The van der Waals surface area contributed by atoms with Gasteiger partial charge in [0.25, 0.3) is 0 Å². The fraction of sp³-hybridized carbons (Fsp3) is 0.625. The van der Waals surface area contributed by atoms with Crippen molar-refractivity contribution in [3.63, 3.8) is 0 Å². The zero-order valence-corrected chi connectivity index (χ0v) is 11.5. The summed E-state index contributed by atoms with van der Waals surface area (Å²) >= 11 is 0. The summed E-state index contributed by atoms with van der Waals surface area (Å²) in [5.74, 6) is -0.103. The molecule has 0 amide bonds. The minimum atomic E-state index is -0.103. The smallest absolute Gasteiger partial charge is 0.123 e. The van der Waals surface area contributed by atoms with Gasteiger partial charge in [0.2, 0.25) is 0 Å². The lowest BCUT2D eigenvalue weighted by molar-refractivity contribution is 0.399. The van der Waals surface area contributed by atoms with Crippen LogP contribution in [0.3, 0.4) is 0 Å². The molecule has 19 heavy (non-hydrogen) atoms. The predicted molar refractivity (Wildman–Crippen MR) is 77.2 cm³/mol. The first-order valence-corrected chi connectivity index (χ1v) is 7.60. The third-order valence-electron chi connectivity index (χ3n) is 4.37. The van der Waals surface area contributed by atoms with Gasteiger partial charge in [0.15, 0.2) is 0 Å². The third kappa shape index (κ3) is 3.08. The molecule has 0 radical (unpaired) electrons. The van der Waals surface area contributed by atoms with E-state index in [4.69, 9.17) is 0 Å². The molecular formula is C16H23FN2. The Kier molecular flexibility index (Phi) is 4.02. The van der Waals surface area contributed by atoms with E-state index in [-0.39, 0.29) is 5.82 Å². The Bertz CT molecular complexity index is 421. The van der Waals surface area contributed by atoms with Crippen molar-refractivity contribution >= 4 is 5.69 Å². The van der Waals surface area contributed by atoms with E-state index in [1.165, 1.54) is 43.4 Å². The van der Waals surface area contributed by atoms with Gasteiger partial charge in [0.05, 0.1) is 0 Å². The van der Waals surface area contributed by atoms with E-state index in [0.717, 1.165) is 26.1 Å². The summed E-state index contributed by atoms with van der Waals surface area (Å²) in [5.41, 5.74) is 2.44. The summed E-state index contributed by atoms with van der Waals surface area (Å²) < 4.78 is 13.5. The second-order valence-electron chi connectivity index (χ2n) is 5.82. The summed E-state index contributed by atoms with van der Waals surface area (Å²) in [4.78, 5) is 2.41. The largest absolute Gasteiger partial charge is 0.371 e. The number of nitrogens with zero attached hydrogens (tertiary/aromatic N) is 1. The number of hydrogen-bond acceptors (Lipinski definition) is 2. The van der Waals surface area contributed by atoms with Crippen LogP contribution in [0.15, 0.2) is 18.2 Å². The van der Waals surface area contributed by atoms with Crippen molar-refractivity contribution in [2.45, 2.75) is 44.6 Å². The molecule has 1 aromatic carbocycles. The molecular weight excluding hydrogens is 239 g/mol. The van der Waals surface area contributed by atoms with Gasteiger partial charge in [0, 0.05) is 24.8 Å². The number of benzene rings is 1. The van der Waals surface area contributed by atoms with Gasteiger partial charge >= 0.3 is 0 Å². The van der Waals surface area contributed by atoms with Crippen LogP contribution in [0.4, 0.5) is 10.1 Å². The van der Waals surface area contributed by atoms with Crippen molar-refractivity contribution in [3.05, 3.63) is 29.6 Å². The van der Waals surface area contributed by atoms with Gasteiger partial charge in [-0.2, -0.15) is 0 Å². The highest BCUT2D eigenvalue weighted by atomic mass is 19.1. The van der Waals surface area contributed by atoms with Gasteiger partial charge in [-0.05, 0) is 62.4 Å². The lowest BCUT2D eigenvalue weighted by Gasteiger charge is -2.27. The number of halogens is 1. The fourth-order valence-corrected chi connectivity index (χ4v) is 3.35. The van der Waals surface area contributed by atoms with Crippen molar-refractivity contribution in [1.82, 2.24) is 5.32 Å². The maximum absolute atomic E-state index is 13.5. The van der Waals surface area contributed by atoms with Crippen LogP contribution in [0, 0.1) is 5.82 Å². The van der Waals surface area contributed by atoms with Crippen LogP contribution in [0.25, 0.3) is 0 Å². The zero-order chi connectivity index (χ0) is 13.1. The van der Waals surface area contributed by atoms with Crippen LogP contribution < -0.4 is 10.2 Å². The highest BCUT2D eigenvalue weighted by molar-refractivity contribution is 5.54. The van der Waals surface area contributed by atoms with E-state index in [1.807, 2.05) is 6.07 Å². The molecule has 0 saturated carbocycles. The lowest BCUT2D eigenvalue weighted by atomic mass is 9.96. The topological polar surface area (TPSA) is 15.3 Å². The van der Waals surface area contributed by atoms with Crippen LogP contribution in [-0.4, -0.2) is 25.7 Å². The molecule has 0 spiro atoms. The number of anilines is 1. The van der Waals surface area contributed by atoms with Gasteiger partial charge in [-0.3, -0.25) is 0 Å². The second kappa shape index (κ2) is 5.91. The Balaban J connectivity index is 1.79. The van der Waals surface area contributed by atoms with Crippen LogP contribution in [-0.2, 0) is 6.42 Å². The highest BCUT2D eigenvalue weighted by Crippen LogP contribution is 2.27. The predicted octanol–water partition coefficient (Wildman–Crippen LogP) is 3.11. The molecule has 2 saturated heterocycles. The average molecular weight is 262 g/mol. The van der Waals surface area contributed by atoms with Crippen LogP contribution >= 0.6 is 0 Å². The molecule has 1 N–H and O–H groups in total. The van der Waals surface area contributed by atoms with E-state index >= 15 is 0 Å². The molecule has 3 rings (SSSR count). The lowest BCUT2D eigenvalue weighted by Crippen LogP contribution is -2.36. The Morgan fingerprint density at radius 2 is 2.00 bits per heavy atom. The van der Waals surface area contributed by atoms with E-state index in [2.05, 4.69) is 10.2 Å². The summed E-state index contributed by atoms with van der Waals surface area (Å²) in [5, 5.41) is 3.56. The monoisotopic (exact) mass is 262 g/mol. The Hall–Kier alpha value is -1.09. The summed E-state index contributed by atoms with van der Waals surface area (Å²) in [6.07, 6.45) is 7.28. The minimum absolute atomic E-state index is 0.103. The van der Waals surface area contributed by atoms with Crippen molar-refractivity contribution in [1.29, 1.82) is 0 Å².